The molecular formula is C3H6O2S2. The third kappa shape index (κ3) is 6.17. The van der Waals surface area contributed by atoms with Gasteiger partial charge >= 0.3 is 5.97 Å². The van der Waals surface area contributed by atoms with Crippen molar-refractivity contribution in [2.45, 2.75) is 6.92 Å². The van der Waals surface area contributed by atoms with Gasteiger partial charge in [-0.2, -0.15) is 0 Å². The molecule has 7 heavy (non-hydrogen) atoms. The molecule has 0 aliphatic heterocycles. The third-order valence-corrected chi connectivity index (χ3v) is 1.27. The summed E-state index contributed by atoms with van der Waals surface area (Å²) < 4.78 is 4.43. The number of hydrogen-bond donors (Lipinski definition) is 0. The van der Waals surface area contributed by atoms with Gasteiger partial charge in [0.1, 0.15) is 11.1 Å². The lowest BCUT2D eigenvalue weighted by Gasteiger charge is -1.89. The molecule has 0 aromatic rings. The normalized spacial score (nSPS) is 8.29. The topological polar surface area (TPSA) is 26.3 Å². The molecule has 42 valence electrons. The minimum atomic E-state index is -0.251. The molecule has 0 unspecified atom stereocenters. The second-order valence-corrected chi connectivity index (χ2v) is 2.85. The van der Waals surface area contributed by atoms with Crippen LogP contribution >= 0.6 is 21.9 Å². The maximum Gasteiger partial charge on any atom is 0.315 e. The smallest absolute Gasteiger partial charge is 0.315 e. The van der Waals surface area contributed by atoms with Crippen LogP contribution < -0.4 is 0 Å². The molecule has 0 bridgehead atoms. The summed E-state index contributed by atoms with van der Waals surface area (Å²) in [6.07, 6.45) is 1.84. The first-order valence-corrected chi connectivity index (χ1v) is 4.13. The summed E-state index contributed by atoms with van der Waals surface area (Å²) in [4.78, 5) is 9.95. The van der Waals surface area contributed by atoms with E-state index >= 15 is 0 Å². The highest BCUT2D eigenvalue weighted by Crippen LogP contribution is 2.17. The van der Waals surface area contributed by atoms with E-state index in [9.17, 15) is 4.79 Å². The van der Waals surface area contributed by atoms with E-state index in [2.05, 4.69) is 4.18 Å². The van der Waals surface area contributed by atoms with Crippen molar-refractivity contribution in [2.24, 2.45) is 0 Å². The lowest BCUT2D eigenvalue weighted by molar-refractivity contribution is -0.130. The second-order valence-electron chi connectivity index (χ2n) is 0.810. The lowest BCUT2D eigenvalue weighted by Crippen LogP contribution is -1.85. The molecule has 0 heterocycles. The first-order chi connectivity index (χ1) is 3.27. The fraction of sp³-hybridized carbons (Fsp3) is 0.667. The van der Waals surface area contributed by atoms with Crippen molar-refractivity contribution in [2.75, 3.05) is 6.26 Å². The van der Waals surface area contributed by atoms with Crippen LogP contribution in [0.4, 0.5) is 0 Å². The Morgan fingerprint density at radius 1 is 1.71 bits per heavy atom. The summed E-state index contributed by atoms with van der Waals surface area (Å²) in [5.74, 6) is -0.251. The zero-order chi connectivity index (χ0) is 5.70. The number of hydrogen-bond acceptors (Lipinski definition) is 4. The zero-order valence-electron chi connectivity index (χ0n) is 4.13. The Hall–Kier alpha value is 0.170. The van der Waals surface area contributed by atoms with Gasteiger partial charge in [-0.25, -0.2) is 0 Å². The monoisotopic (exact) mass is 138 g/mol. The molecule has 0 aliphatic rings. The van der Waals surface area contributed by atoms with Crippen LogP contribution in [-0.2, 0) is 8.98 Å². The minimum absolute atomic E-state index is 0.251. The Labute approximate surface area is 50.6 Å². The van der Waals surface area contributed by atoms with Gasteiger partial charge in [-0.05, 0) is 6.26 Å². The van der Waals surface area contributed by atoms with Gasteiger partial charge in [-0.3, -0.25) is 4.79 Å². The van der Waals surface area contributed by atoms with Crippen LogP contribution in [0.15, 0.2) is 0 Å². The maximum absolute atomic E-state index is 9.95. The quantitative estimate of drug-likeness (QED) is 0.426. The average Bonchev–Trinajstić information content (AvgIpc) is 1.61. The molecule has 0 fully saturated rings. The largest absolute Gasteiger partial charge is 0.380 e. The van der Waals surface area contributed by atoms with Crippen molar-refractivity contribution >= 4 is 27.8 Å². The summed E-state index contributed by atoms with van der Waals surface area (Å²) in [6.45, 7) is 1.38. The number of carbonyl (C=O) groups excluding carboxylic acids is 1. The van der Waals surface area contributed by atoms with Gasteiger partial charge < -0.3 is 4.18 Å². The predicted octanol–water partition coefficient (Wildman–Crippen LogP) is 1.48. The molecule has 0 aromatic carbocycles. The van der Waals surface area contributed by atoms with Crippen LogP contribution in [-0.4, -0.2) is 12.2 Å². The molecule has 0 rings (SSSR count). The fourth-order valence-electron chi connectivity index (χ4n) is 0.0819. The zero-order valence-corrected chi connectivity index (χ0v) is 5.77. The molecule has 0 aliphatic carbocycles. The Kier molecular flexibility index (Phi) is 4.44. The van der Waals surface area contributed by atoms with Crippen LogP contribution in [0.25, 0.3) is 0 Å². The van der Waals surface area contributed by atoms with Gasteiger partial charge in [0.15, 0.2) is 0 Å². The Balaban J connectivity index is 2.82. The molecule has 0 atom stereocenters. The summed E-state index contributed by atoms with van der Waals surface area (Å²) in [5, 5.41) is 0. The maximum atomic E-state index is 9.95. The van der Waals surface area contributed by atoms with Gasteiger partial charge in [0.05, 0.1) is 0 Å². The molecule has 0 saturated carbocycles. The Bertz CT molecular complexity index is 64.0. The SMILES string of the molecule is CSSOC(C)=O. The van der Waals surface area contributed by atoms with Crippen molar-refractivity contribution in [3.63, 3.8) is 0 Å². The highest BCUT2D eigenvalue weighted by Gasteiger charge is 1.88. The lowest BCUT2D eigenvalue weighted by atomic mass is 10.9. The highest BCUT2D eigenvalue weighted by atomic mass is 33.1. The minimum Gasteiger partial charge on any atom is -0.380 e. The Morgan fingerprint density at radius 2 is 2.29 bits per heavy atom. The van der Waals surface area contributed by atoms with E-state index in [0.29, 0.717) is 0 Å². The predicted molar refractivity (Wildman–Crippen MR) is 32.9 cm³/mol. The molecule has 4 heteroatoms. The van der Waals surface area contributed by atoms with Crippen molar-refractivity contribution < 1.29 is 8.98 Å². The van der Waals surface area contributed by atoms with E-state index in [-0.39, 0.29) is 5.97 Å². The summed E-state index contributed by atoms with van der Waals surface area (Å²) in [7, 11) is 1.40. The molecule has 2 nitrogen and oxygen atoms in total. The van der Waals surface area contributed by atoms with Crippen LogP contribution in [0.2, 0.25) is 0 Å². The molecular weight excluding hydrogens is 132 g/mol. The summed E-state index contributed by atoms with van der Waals surface area (Å²) >= 11 is 1.08. The van der Waals surface area contributed by atoms with Crippen LogP contribution in [0.3, 0.4) is 0 Å². The molecule has 0 saturated heterocycles. The first kappa shape index (κ1) is 7.17. The van der Waals surface area contributed by atoms with E-state index in [1.54, 1.807) is 0 Å². The Morgan fingerprint density at radius 3 is 2.43 bits per heavy atom. The molecule has 0 N–H and O–H groups in total. The van der Waals surface area contributed by atoms with Crippen molar-refractivity contribution in [3.8, 4) is 0 Å². The summed E-state index contributed by atoms with van der Waals surface area (Å²) in [6, 6.07) is 0. The van der Waals surface area contributed by atoms with E-state index in [4.69, 9.17) is 0 Å². The molecule has 0 radical (unpaired) electrons. The number of carbonyl (C=O) groups is 1. The van der Waals surface area contributed by atoms with Crippen molar-refractivity contribution in [1.29, 1.82) is 0 Å². The van der Waals surface area contributed by atoms with Crippen molar-refractivity contribution in [1.82, 2.24) is 0 Å². The molecule has 0 amide bonds. The van der Waals surface area contributed by atoms with Gasteiger partial charge in [0.25, 0.3) is 0 Å². The van der Waals surface area contributed by atoms with E-state index in [1.807, 2.05) is 6.26 Å². The van der Waals surface area contributed by atoms with Gasteiger partial charge in [-0.15, -0.1) is 0 Å². The number of rotatable bonds is 2. The van der Waals surface area contributed by atoms with E-state index in [1.165, 1.54) is 17.7 Å². The van der Waals surface area contributed by atoms with Gasteiger partial charge in [0.2, 0.25) is 0 Å². The van der Waals surface area contributed by atoms with Crippen LogP contribution in [0.5, 0.6) is 0 Å². The summed E-state index contributed by atoms with van der Waals surface area (Å²) in [5.41, 5.74) is 0. The fourth-order valence-corrected chi connectivity index (χ4v) is 0.737. The van der Waals surface area contributed by atoms with Gasteiger partial charge in [-0.1, -0.05) is 10.8 Å². The standard InChI is InChI=1S/C3H6O2S2/c1-3(4)5-7-6-2/h1-2H3. The van der Waals surface area contributed by atoms with E-state index in [0.717, 1.165) is 11.1 Å². The van der Waals surface area contributed by atoms with Crippen molar-refractivity contribution in [3.05, 3.63) is 0 Å². The third-order valence-electron chi connectivity index (χ3n) is 0.219. The van der Waals surface area contributed by atoms with Crippen LogP contribution in [0, 0.1) is 0 Å². The molecule has 0 spiro atoms. The second kappa shape index (κ2) is 4.33. The van der Waals surface area contributed by atoms with Crippen LogP contribution in [0.1, 0.15) is 6.92 Å². The molecule has 0 aromatic heterocycles. The highest BCUT2D eigenvalue weighted by molar-refractivity contribution is 8.74. The first-order valence-electron chi connectivity index (χ1n) is 1.65. The van der Waals surface area contributed by atoms with Gasteiger partial charge in [0, 0.05) is 6.92 Å². The van der Waals surface area contributed by atoms with E-state index < -0.39 is 0 Å². The average molecular weight is 138 g/mol.